The summed E-state index contributed by atoms with van der Waals surface area (Å²) < 4.78 is 5.27. The summed E-state index contributed by atoms with van der Waals surface area (Å²) >= 11 is 18.0. The minimum atomic E-state index is -1.34. The van der Waals surface area contributed by atoms with Crippen LogP contribution < -0.4 is 4.90 Å². The Bertz CT molecular complexity index is 1050. The summed E-state index contributed by atoms with van der Waals surface area (Å²) in [5, 5.41) is 11.7. The Labute approximate surface area is 174 Å². The quantitative estimate of drug-likeness (QED) is 0.344. The Balaban J connectivity index is 2.12. The number of amides is 2. The van der Waals surface area contributed by atoms with E-state index in [0.29, 0.717) is 11.1 Å². The van der Waals surface area contributed by atoms with Crippen molar-refractivity contribution in [3.63, 3.8) is 0 Å². The molecule has 0 saturated carbocycles. The fraction of sp³-hybridized carbons (Fsp3) is 0.222. The molecule has 0 radical (unpaired) electrons. The molecule has 1 aliphatic heterocycles. The number of ether oxygens (including phenoxy) is 1. The molecule has 1 heterocycles. The lowest BCUT2D eigenvalue weighted by Gasteiger charge is -2.16. The maximum atomic E-state index is 13.0. The number of anilines is 1. The molecule has 7 nitrogen and oxygen atoms in total. The maximum Gasteiger partial charge on any atom is 0.422 e. The number of carbonyl (C=O) groups excluding carboxylic acids is 2. The van der Waals surface area contributed by atoms with Gasteiger partial charge in [-0.15, -0.1) is 0 Å². The summed E-state index contributed by atoms with van der Waals surface area (Å²) in [5.41, 5.74) is 1.46. The number of nitro groups is 1. The van der Waals surface area contributed by atoms with Crippen LogP contribution in [0, 0.1) is 30.9 Å². The first-order chi connectivity index (χ1) is 13.0. The van der Waals surface area contributed by atoms with Gasteiger partial charge in [-0.05, 0) is 44.5 Å². The second-order valence-corrected chi connectivity index (χ2v) is 7.53. The number of carbonyl (C=O) groups is 2. The molecule has 2 amide bonds. The maximum absolute atomic E-state index is 13.0. The van der Waals surface area contributed by atoms with Crippen LogP contribution in [0.3, 0.4) is 0 Å². The smallest absolute Gasteiger partial charge is 0.422 e. The standard InChI is InChI=1S/C18H13Cl3N2O5/c1-7-4-8(2)15(23(26)27)9(3)14(7)16-17(24)22(18(25)28-16)13-6-11(20)10(19)5-12(13)21/h4-6,16H,1-3H3. The number of nitrogens with zero attached hydrogens (tertiary/aromatic N) is 2. The third-order valence-electron chi connectivity index (χ3n) is 4.51. The summed E-state index contributed by atoms with van der Waals surface area (Å²) in [7, 11) is 0. The van der Waals surface area contributed by atoms with E-state index in [0.717, 1.165) is 4.90 Å². The van der Waals surface area contributed by atoms with E-state index in [1.165, 1.54) is 19.1 Å². The van der Waals surface area contributed by atoms with Crippen molar-refractivity contribution >= 4 is 58.2 Å². The number of hydrogen-bond donors (Lipinski definition) is 0. The molecule has 1 atom stereocenters. The van der Waals surface area contributed by atoms with Crippen molar-refractivity contribution in [2.45, 2.75) is 26.9 Å². The Morgan fingerprint density at radius 3 is 2.21 bits per heavy atom. The van der Waals surface area contributed by atoms with Crippen molar-refractivity contribution in [2.24, 2.45) is 0 Å². The molecule has 28 heavy (non-hydrogen) atoms. The van der Waals surface area contributed by atoms with Crippen molar-refractivity contribution in [1.29, 1.82) is 0 Å². The van der Waals surface area contributed by atoms with Crippen LogP contribution in [0.15, 0.2) is 18.2 Å². The second-order valence-electron chi connectivity index (χ2n) is 6.31. The molecule has 10 heteroatoms. The zero-order valence-electron chi connectivity index (χ0n) is 14.9. The highest BCUT2D eigenvalue weighted by atomic mass is 35.5. The number of cyclic esters (lactones) is 1. The Hall–Kier alpha value is -2.35. The number of hydrogen-bond acceptors (Lipinski definition) is 5. The minimum absolute atomic E-state index is 0.0190. The Morgan fingerprint density at radius 2 is 1.61 bits per heavy atom. The highest BCUT2D eigenvalue weighted by Crippen LogP contribution is 2.42. The molecule has 1 unspecified atom stereocenters. The SMILES string of the molecule is Cc1cc(C)c([N+](=O)[O-])c(C)c1C1OC(=O)N(c2cc(Cl)c(Cl)cc2Cl)C1=O. The summed E-state index contributed by atoms with van der Waals surface area (Å²) in [5.74, 6) is -0.727. The van der Waals surface area contributed by atoms with Gasteiger partial charge in [-0.3, -0.25) is 14.9 Å². The van der Waals surface area contributed by atoms with Crippen LogP contribution in [0.4, 0.5) is 16.2 Å². The lowest BCUT2D eigenvalue weighted by Crippen LogP contribution is -2.30. The predicted octanol–water partition coefficient (Wildman–Crippen LogP) is 5.70. The summed E-state index contributed by atoms with van der Waals surface area (Å²) in [6.45, 7) is 4.81. The van der Waals surface area contributed by atoms with Gasteiger partial charge in [-0.25, -0.2) is 9.69 Å². The largest absolute Gasteiger partial charge is 0.430 e. The summed E-state index contributed by atoms with van der Waals surface area (Å²) in [4.78, 5) is 37.1. The first-order valence-electron chi connectivity index (χ1n) is 7.98. The first-order valence-corrected chi connectivity index (χ1v) is 9.12. The molecule has 0 spiro atoms. The van der Waals surface area contributed by atoms with Crippen molar-refractivity contribution in [2.75, 3.05) is 4.90 Å². The molecule has 2 aromatic carbocycles. The van der Waals surface area contributed by atoms with Gasteiger partial charge < -0.3 is 4.74 Å². The van der Waals surface area contributed by atoms with Crippen LogP contribution in [0.25, 0.3) is 0 Å². The van der Waals surface area contributed by atoms with Gasteiger partial charge in [0.1, 0.15) is 0 Å². The van der Waals surface area contributed by atoms with Gasteiger partial charge >= 0.3 is 6.09 Å². The van der Waals surface area contributed by atoms with E-state index in [2.05, 4.69) is 0 Å². The molecular weight excluding hydrogens is 431 g/mol. The van der Waals surface area contributed by atoms with E-state index in [9.17, 15) is 19.7 Å². The number of rotatable bonds is 3. The van der Waals surface area contributed by atoms with Crippen molar-refractivity contribution in [1.82, 2.24) is 0 Å². The van der Waals surface area contributed by atoms with E-state index in [1.54, 1.807) is 19.9 Å². The van der Waals surface area contributed by atoms with Crippen molar-refractivity contribution in [3.8, 4) is 0 Å². The van der Waals surface area contributed by atoms with Gasteiger partial charge in [-0.1, -0.05) is 34.8 Å². The normalized spacial score (nSPS) is 16.5. The van der Waals surface area contributed by atoms with Crippen LogP contribution in [0.1, 0.15) is 28.4 Å². The molecule has 0 N–H and O–H groups in total. The molecule has 1 fully saturated rings. The van der Waals surface area contributed by atoms with Crippen molar-refractivity contribution in [3.05, 3.63) is 65.6 Å². The molecule has 1 aliphatic rings. The number of benzene rings is 2. The Kier molecular flexibility index (Phi) is 5.27. The number of halogens is 3. The molecule has 3 rings (SSSR count). The zero-order chi connectivity index (χ0) is 20.9. The van der Waals surface area contributed by atoms with E-state index < -0.39 is 23.0 Å². The molecular formula is C18H13Cl3N2O5. The summed E-state index contributed by atoms with van der Waals surface area (Å²) in [6, 6.07) is 4.17. The predicted molar refractivity (Wildman–Crippen MR) is 105 cm³/mol. The minimum Gasteiger partial charge on any atom is -0.430 e. The zero-order valence-corrected chi connectivity index (χ0v) is 17.1. The van der Waals surface area contributed by atoms with E-state index in [4.69, 9.17) is 39.5 Å². The monoisotopic (exact) mass is 442 g/mol. The molecule has 0 bridgehead atoms. The highest BCUT2D eigenvalue weighted by Gasteiger charge is 2.45. The third-order valence-corrected chi connectivity index (χ3v) is 5.54. The number of imide groups is 1. The van der Waals surface area contributed by atoms with Crippen LogP contribution in [0.5, 0.6) is 0 Å². The molecule has 2 aromatic rings. The molecule has 146 valence electrons. The highest BCUT2D eigenvalue weighted by molar-refractivity contribution is 6.44. The fourth-order valence-corrected chi connectivity index (χ4v) is 3.99. The lowest BCUT2D eigenvalue weighted by atomic mass is 9.93. The fourth-order valence-electron chi connectivity index (χ4n) is 3.37. The van der Waals surface area contributed by atoms with E-state index in [-0.39, 0.29) is 37.6 Å². The van der Waals surface area contributed by atoms with Gasteiger partial charge in [-0.2, -0.15) is 0 Å². The summed E-state index contributed by atoms with van der Waals surface area (Å²) in [6.07, 6.45) is -2.30. The van der Waals surface area contributed by atoms with Gasteiger partial charge in [0.25, 0.3) is 11.6 Å². The van der Waals surface area contributed by atoms with Gasteiger partial charge in [0.15, 0.2) is 0 Å². The van der Waals surface area contributed by atoms with Crippen LogP contribution in [-0.2, 0) is 9.53 Å². The third kappa shape index (κ3) is 3.19. The van der Waals surface area contributed by atoms with Gasteiger partial charge in [0.05, 0.1) is 25.7 Å². The van der Waals surface area contributed by atoms with Crippen LogP contribution in [0.2, 0.25) is 15.1 Å². The average molecular weight is 444 g/mol. The van der Waals surface area contributed by atoms with E-state index >= 15 is 0 Å². The van der Waals surface area contributed by atoms with Crippen LogP contribution in [-0.4, -0.2) is 16.9 Å². The van der Waals surface area contributed by atoms with Crippen molar-refractivity contribution < 1.29 is 19.2 Å². The number of aryl methyl sites for hydroxylation is 2. The number of nitro benzene ring substituents is 1. The molecule has 0 aromatic heterocycles. The Morgan fingerprint density at radius 1 is 1.00 bits per heavy atom. The average Bonchev–Trinajstić information content (AvgIpc) is 2.85. The molecule has 0 aliphatic carbocycles. The first kappa shape index (κ1) is 20.4. The van der Waals surface area contributed by atoms with Gasteiger partial charge in [0.2, 0.25) is 6.10 Å². The second kappa shape index (κ2) is 7.24. The van der Waals surface area contributed by atoms with Gasteiger partial charge in [0, 0.05) is 16.7 Å². The lowest BCUT2D eigenvalue weighted by molar-refractivity contribution is -0.386. The topological polar surface area (TPSA) is 89.8 Å². The molecule has 1 saturated heterocycles. The van der Waals surface area contributed by atoms with Crippen LogP contribution >= 0.6 is 34.8 Å². The van der Waals surface area contributed by atoms with E-state index in [1.807, 2.05) is 0 Å².